The van der Waals surface area contributed by atoms with E-state index in [0.29, 0.717) is 6.85 Å². The maximum absolute atomic E-state index is 3.81. The smallest absolute Gasteiger partial charge is 0.293 e. The minimum atomic E-state index is 0.387. The van der Waals surface area contributed by atoms with Crippen molar-refractivity contribution in [3.05, 3.63) is 46.9 Å². The molecule has 0 bridgehead atoms. The maximum atomic E-state index is 3.81. The fraction of sp³-hybridized carbons (Fsp3) is 0.167. The van der Waals surface area contributed by atoms with Gasteiger partial charge in [-0.2, -0.15) is 0 Å². The fourth-order valence-electron chi connectivity index (χ4n) is 1.89. The molecule has 0 amide bonds. The zero-order valence-corrected chi connectivity index (χ0v) is 10.4. The summed E-state index contributed by atoms with van der Waals surface area (Å²) in [5.74, 6) is 0. The molecule has 3 heteroatoms. The Balaban J connectivity index is 2.48. The standard InChI is InChI=1S/C12H13BBrN/c1-3-8-15-11-7-5-4-6-10(11)9-12(14)13(15)2/h3-7,9H,1,8H2,2H3. The van der Waals surface area contributed by atoms with Crippen LogP contribution < -0.4 is 4.81 Å². The highest BCUT2D eigenvalue weighted by Crippen LogP contribution is 2.32. The van der Waals surface area contributed by atoms with Gasteiger partial charge in [-0.25, -0.2) is 0 Å². The van der Waals surface area contributed by atoms with Gasteiger partial charge in [0.25, 0.3) is 6.85 Å². The lowest BCUT2D eigenvalue weighted by molar-refractivity contribution is 1.16. The van der Waals surface area contributed by atoms with Crippen molar-refractivity contribution in [3.63, 3.8) is 0 Å². The van der Waals surface area contributed by atoms with E-state index in [9.17, 15) is 0 Å². The van der Waals surface area contributed by atoms with Gasteiger partial charge in [-0.1, -0.05) is 47.0 Å². The third-order valence-electron chi connectivity index (χ3n) is 2.73. The van der Waals surface area contributed by atoms with E-state index in [1.165, 1.54) is 15.6 Å². The van der Waals surface area contributed by atoms with Crippen LogP contribution in [0, 0.1) is 0 Å². The van der Waals surface area contributed by atoms with Gasteiger partial charge in [0.15, 0.2) is 0 Å². The van der Waals surface area contributed by atoms with Gasteiger partial charge in [-0.05, 0) is 22.1 Å². The van der Waals surface area contributed by atoms with Crippen LogP contribution in [0.1, 0.15) is 5.56 Å². The molecule has 1 aliphatic heterocycles. The van der Waals surface area contributed by atoms with Gasteiger partial charge in [0.05, 0.1) is 0 Å². The molecule has 1 aromatic rings. The summed E-state index contributed by atoms with van der Waals surface area (Å²) in [6.07, 6.45) is 4.14. The van der Waals surface area contributed by atoms with Crippen molar-refractivity contribution < 1.29 is 0 Å². The summed E-state index contributed by atoms with van der Waals surface area (Å²) in [5.41, 5.74) is 2.55. The first-order valence-electron chi connectivity index (χ1n) is 5.07. The minimum absolute atomic E-state index is 0.387. The van der Waals surface area contributed by atoms with Crippen LogP contribution in [0.15, 0.2) is 41.3 Å². The Labute approximate surface area is 99.7 Å². The molecule has 0 fully saturated rings. The largest absolute Gasteiger partial charge is 0.407 e. The predicted octanol–water partition coefficient (Wildman–Crippen LogP) is 3.59. The van der Waals surface area contributed by atoms with Crippen molar-refractivity contribution in [2.24, 2.45) is 0 Å². The number of hydrogen-bond donors (Lipinski definition) is 0. The van der Waals surface area contributed by atoms with E-state index in [1.807, 2.05) is 6.08 Å². The summed E-state index contributed by atoms with van der Waals surface area (Å²) in [5, 5.41) is 0. The Hall–Kier alpha value is -0.955. The SMILES string of the molecule is C=CCN1B(C)C(Br)=Cc2ccccc21. The Morgan fingerprint density at radius 2 is 2.20 bits per heavy atom. The molecule has 0 atom stereocenters. The molecule has 1 nitrogen and oxygen atoms in total. The van der Waals surface area contributed by atoms with Gasteiger partial charge >= 0.3 is 0 Å². The molecule has 0 spiro atoms. The highest BCUT2D eigenvalue weighted by atomic mass is 79.9. The lowest BCUT2D eigenvalue weighted by atomic mass is 9.60. The van der Waals surface area contributed by atoms with Crippen LogP contribution in [0.25, 0.3) is 6.08 Å². The van der Waals surface area contributed by atoms with Crippen LogP contribution >= 0.6 is 15.9 Å². The van der Waals surface area contributed by atoms with E-state index >= 15 is 0 Å². The van der Waals surface area contributed by atoms with E-state index in [1.54, 1.807) is 0 Å². The maximum Gasteiger partial charge on any atom is 0.293 e. The predicted molar refractivity (Wildman–Crippen MR) is 72.5 cm³/mol. The number of anilines is 1. The second kappa shape index (κ2) is 4.27. The molecular formula is C12H13BBrN. The second-order valence-electron chi connectivity index (χ2n) is 3.71. The Morgan fingerprint density at radius 1 is 1.47 bits per heavy atom. The van der Waals surface area contributed by atoms with Crippen molar-refractivity contribution >= 4 is 34.5 Å². The molecule has 0 radical (unpaired) electrons. The Kier molecular flexibility index (Phi) is 3.01. The molecule has 1 heterocycles. The molecule has 1 aliphatic rings. The van der Waals surface area contributed by atoms with Gasteiger partial charge in [-0.15, -0.1) is 6.58 Å². The van der Waals surface area contributed by atoms with E-state index in [4.69, 9.17) is 0 Å². The van der Waals surface area contributed by atoms with Gasteiger partial charge < -0.3 is 4.81 Å². The van der Waals surface area contributed by atoms with Crippen LogP contribution in [0.4, 0.5) is 5.69 Å². The number of halogens is 1. The summed E-state index contributed by atoms with van der Waals surface area (Å²) in [4.78, 5) is 2.34. The van der Waals surface area contributed by atoms with Crippen molar-refractivity contribution in [3.8, 4) is 0 Å². The summed E-state index contributed by atoms with van der Waals surface area (Å²) in [6.45, 7) is 7.27. The van der Waals surface area contributed by atoms with E-state index in [-0.39, 0.29) is 0 Å². The normalized spacial score (nSPS) is 14.7. The average molecular weight is 262 g/mol. The van der Waals surface area contributed by atoms with Crippen molar-refractivity contribution in [1.82, 2.24) is 0 Å². The summed E-state index contributed by atoms with van der Waals surface area (Å²) < 4.78 is 1.23. The highest BCUT2D eigenvalue weighted by molar-refractivity contribution is 9.12. The molecule has 0 aromatic heterocycles. The summed E-state index contributed by atoms with van der Waals surface area (Å²) in [7, 11) is 0. The number of rotatable bonds is 2. The van der Waals surface area contributed by atoms with Crippen molar-refractivity contribution in [2.45, 2.75) is 6.82 Å². The first-order valence-corrected chi connectivity index (χ1v) is 5.87. The molecule has 1 aromatic carbocycles. The molecule has 15 heavy (non-hydrogen) atoms. The number of para-hydroxylation sites is 1. The summed E-state index contributed by atoms with van der Waals surface area (Å²) >= 11 is 3.62. The topological polar surface area (TPSA) is 3.24 Å². The molecule has 0 unspecified atom stereocenters. The monoisotopic (exact) mass is 261 g/mol. The van der Waals surface area contributed by atoms with E-state index in [0.717, 1.165) is 6.54 Å². The van der Waals surface area contributed by atoms with Crippen LogP contribution in [-0.2, 0) is 0 Å². The van der Waals surface area contributed by atoms with E-state index < -0.39 is 0 Å². The number of fused-ring (bicyclic) bond motifs is 1. The molecule has 0 N–H and O–H groups in total. The van der Waals surface area contributed by atoms with Crippen molar-refractivity contribution in [2.75, 3.05) is 11.4 Å². The molecule has 2 rings (SSSR count). The van der Waals surface area contributed by atoms with Crippen LogP contribution in [0.5, 0.6) is 0 Å². The third kappa shape index (κ3) is 1.89. The number of nitrogens with zero attached hydrogens (tertiary/aromatic N) is 1. The first kappa shape index (κ1) is 10.6. The highest BCUT2D eigenvalue weighted by Gasteiger charge is 2.25. The lowest BCUT2D eigenvalue weighted by Gasteiger charge is -2.33. The molecule has 76 valence electrons. The van der Waals surface area contributed by atoms with Gasteiger partial charge in [-0.3, -0.25) is 0 Å². The van der Waals surface area contributed by atoms with Crippen molar-refractivity contribution in [1.29, 1.82) is 0 Å². The van der Waals surface area contributed by atoms with Gasteiger partial charge in [0.2, 0.25) is 0 Å². The zero-order chi connectivity index (χ0) is 10.8. The van der Waals surface area contributed by atoms with Crippen LogP contribution in [0.2, 0.25) is 6.82 Å². The average Bonchev–Trinajstić information content (AvgIpc) is 2.25. The van der Waals surface area contributed by atoms with Crippen LogP contribution in [0.3, 0.4) is 0 Å². The van der Waals surface area contributed by atoms with Gasteiger partial charge in [0.1, 0.15) is 0 Å². The Morgan fingerprint density at radius 3 is 2.93 bits per heavy atom. The summed E-state index contributed by atoms with van der Waals surface area (Å²) in [6, 6.07) is 8.44. The Bertz CT molecular complexity index is 414. The molecular weight excluding hydrogens is 249 g/mol. The fourth-order valence-corrected chi connectivity index (χ4v) is 2.39. The molecule has 0 saturated carbocycles. The van der Waals surface area contributed by atoms with Gasteiger partial charge in [0, 0.05) is 12.2 Å². The quantitative estimate of drug-likeness (QED) is 0.581. The van der Waals surface area contributed by atoms with Crippen LogP contribution in [-0.4, -0.2) is 13.4 Å². The first-order chi connectivity index (χ1) is 7.24. The molecule has 0 saturated heterocycles. The third-order valence-corrected chi connectivity index (χ3v) is 3.62. The molecule has 0 aliphatic carbocycles. The minimum Gasteiger partial charge on any atom is -0.407 e. The number of hydrogen-bond acceptors (Lipinski definition) is 1. The zero-order valence-electron chi connectivity index (χ0n) is 8.78. The number of benzene rings is 1. The van der Waals surface area contributed by atoms with E-state index in [2.05, 4.69) is 64.5 Å². The lowest BCUT2D eigenvalue weighted by Crippen LogP contribution is -2.40. The second-order valence-corrected chi connectivity index (χ2v) is 4.62.